The Labute approximate surface area is 197 Å². The van der Waals surface area contributed by atoms with Gasteiger partial charge in [-0.2, -0.15) is 0 Å². The van der Waals surface area contributed by atoms with Crippen molar-refractivity contribution in [1.29, 1.82) is 0 Å². The number of allylic oxidation sites excluding steroid dienone is 3. The average molecular weight is 460 g/mol. The number of nitrogens with one attached hydrogen (secondary N) is 1. The highest BCUT2D eigenvalue weighted by Crippen LogP contribution is 2.26. The number of halogens is 1. The minimum atomic E-state index is -1.43. The van der Waals surface area contributed by atoms with Crippen molar-refractivity contribution in [3.05, 3.63) is 48.0 Å². The van der Waals surface area contributed by atoms with Crippen LogP contribution in [-0.4, -0.2) is 72.3 Å². The number of alkyl halides is 1. The Bertz CT molecular complexity index is 883. The van der Waals surface area contributed by atoms with E-state index in [1.165, 1.54) is 0 Å². The number of amides is 1. The van der Waals surface area contributed by atoms with Crippen molar-refractivity contribution in [1.82, 2.24) is 15.3 Å². The highest BCUT2D eigenvalue weighted by Gasteiger charge is 2.35. The molecule has 0 saturated carbocycles. The predicted molar refractivity (Wildman–Crippen MR) is 133 cm³/mol. The molecular formula is C25H38FN5O2. The predicted octanol–water partition coefficient (Wildman–Crippen LogP) is 3.83. The molecule has 0 saturated heterocycles. The zero-order valence-electron chi connectivity index (χ0n) is 20.9. The summed E-state index contributed by atoms with van der Waals surface area (Å²) in [6.45, 7) is 15.7. The molecule has 2 aliphatic rings. The highest BCUT2D eigenvalue weighted by molar-refractivity contribution is 6.46. The third kappa shape index (κ3) is 6.87. The van der Waals surface area contributed by atoms with Gasteiger partial charge >= 0.3 is 0 Å². The molecule has 7 nitrogen and oxygen atoms in total. The molecule has 33 heavy (non-hydrogen) atoms. The van der Waals surface area contributed by atoms with Crippen LogP contribution < -0.4 is 5.32 Å². The number of rotatable bonds is 11. The molecule has 0 radical (unpaired) electrons. The van der Waals surface area contributed by atoms with Crippen LogP contribution in [0.5, 0.6) is 0 Å². The number of hydrogen-bond acceptors (Lipinski definition) is 6. The summed E-state index contributed by atoms with van der Waals surface area (Å²) in [6, 6.07) is -0.00604. The maximum Gasteiger partial charge on any atom is 0.270 e. The number of nitrogens with zero attached hydrogens (tertiary/aromatic N) is 4. The van der Waals surface area contributed by atoms with Gasteiger partial charge in [0.1, 0.15) is 23.7 Å². The zero-order valence-corrected chi connectivity index (χ0v) is 20.9. The van der Waals surface area contributed by atoms with E-state index < -0.39 is 5.67 Å². The minimum absolute atomic E-state index is 0.0361. The zero-order chi connectivity index (χ0) is 24.8. The van der Waals surface area contributed by atoms with E-state index >= 15 is 0 Å². The molecule has 0 bridgehead atoms. The standard InChI is InChI=1S/C25H38FN5O2/c1-9-19(6)22(33-16-25(7,26)17(2)3)14-27-12-13-31-15-20-21(30(31)8)10-11-28-23(20)24(32)29-18(4)5/h9-11,14-15,17-18,21H,1,12-13,16H2,2-8H3,(H,29,32)/b22-19+,27-14?. The van der Waals surface area contributed by atoms with Crippen LogP contribution in [0.3, 0.4) is 0 Å². The maximum atomic E-state index is 14.6. The Hall–Kier alpha value is -2.74. The second-order valence-electron chi connectivity index (χ2n) is 9.22. The van der Waals surface area contributed by atoms with E-state index in [0.717, 1.165) is 11.1 Å². The quantitative estimate of drug-likeness (QED) is 0.290. The van der Waals surface area contributed by atoms with Crippen LogP contribution in [0.2, 0.25) is 0 Å². The van der Waals surface area contributed by atoms with E-state index in [2.05, 4.69) is 26.9 Å². The van der Waals surface area contributed by atoms with Gasteiger partial charge in [0, 0.05) is 31.1 Å². The molecule has 1 N–H and O–H groups in total. The molecule has 0 fully saturated rings. The number of hydrogen-bond donors (Lipinski definition) is 1. The van der Waals surface area contributed by atoms with Crippen LogP contribution in [0.4, 0.5) is 4.39 Å². The lowest BCUT2D eigenvalue weighted by Crippen LogP contribution is -2.42. The maximum absolute atomic E-state index is 14.6. The second-order valence-corrected chi connectivity index (χ2v) is 9.22. The lowest BCUT2D eigenvalue weighted by atomic mass is 9.96. The first-order chi connectivity index (χ1) is 15.5. The van der Waals surface area contributed by atoms with Gasteiger partial charge in [0.15, 0.2) is 0 Å². The summed E-state index contributed by atoms with van der Waals surface area (Å²) in [6.07, 6.45) is 8.89. The number of likely N-dealkylation sites (N-methyl/N-ethyl adjacent to an activating group) is 1. The van der Waals surface area contributed by atoms with Crippen molar-refractivity contribution < 1.29 is 13.9 Å². The number of fused-ring (bicyclic) bond motifs is 1. The smallest absolute Gasteiger partial charge is 0.270 e. The first-order valence-electron chi connectivity index (χ1n) is 11.4. The van der Waals surface area contributed by atoms with Crippen LogP contribution in [0, 0.1) is 5.92 Å². The molecule has 1 amide bonds. The minimum Gasteiger partial charge on any atom is -0.488 e. The van der Waals surface area contributed by atoms with Crippen molar-refractivity contribution in [2.24, 2.45) is 15.9 Å². The van der Waals surface area contributed by atoms with Crippen molar-refractivity contribution in [2.75, 3.05) is 26.7 Å². The fraction of sp³-hybridized carbons (Fsp3) is 0.560. The molecule has 0 aromatic rings. The summed E-state index contributed by atoms with van der Waals surface area (Å²) in [5, 5.41) is 6.98. The summed E-state index contributed by atoms with van der Waals surface area (Å²) < 4.78 is 20.3. The van der Waals surface area contributed by atoms with Gasteiger partial charge in [-0.25, -0.2) is 9.40 Å². The Morgan fingerprint density at radius 2 is 2.12 bits per heavy atom. The van der Waals surface area contributed by atoms with Crippen molar-refractivity contribution in [3.63, 3.8) is 0 Å². The average Bonchev–Trinajstić information content (AvgIpc) is 3.07. The summed E-state index contributed by atoms with van der Waals surface area (Å²) in [5.41, 5.74) is 0.667. The SMILES string of the molecule is C=C/C(C)=C(\C=NCCN1C=C2C(C(=O)NC(C)C)=NC=CC2N1C)OCC(C)(F)C(C)C. The fourth-order valence-electron chi connectivity index (χ4n) is 3.18. The lowest BCUT2D eigenvalue weighted by Gasteiger charge is -2.29. The number of aliphatic imine (C=N–C) groups is 2. The van der Waals surface area contributed by atoms with E-state index in [-0.39, 0.29) is 30.5 Å². The summed E-state index contributed by atoms with van der Waals surface area (Å²) in [5.74, 6) is 0.179. The molecule has 0 aliphatic carbocycles. The lowest BCUT2D eigenvalue weighted by molar-refractivity contribution is -0.115. The Balaban J connectivity index is 2.03. The Kier molecular flexibility index (Phi) is 9.16. The van der Waals surface area contributed by atoms with E-state index in [1.807, 2.05) is 59.0 Å². The van der Waals surface area contributed by atoms with E-state index in [0.29, 0.717) is 24.6 Å². The molecule has 2 aliphatic heterocycles. The number of carbonyl (C=O) groups excluding carboxylic acids is 1. The second kappa shape index (κ2) is 11.4. The highest BCUT2D eigenvalue weighted by atomic mass is 19.1. The van der Waals surface area contributed by atoms with E-state index in [9.17, 15) is 9.18 Å². The molecule has 2 unspecified atom stereocenters. The van der Waals surface area contributed by atoms with Crippen LogP contribution in [0.15, 0.2) is 58.0 Å². The van der Waals surface area contributed by atoms with Gasteiger partial charge in [-0.05, 0) is 45.3 Å². The van der Waals surface area contributed by atoms with E-state index in [1.54, 1.807) is 25.4 Å². The number of carbonyl (C=O) groups is 1. The fourth-order valence-corrected chi connectivity index (χ4v) is 3.18. The molecule has 8 heteroatoms. The van der Waals surface area contributed by atoms with Crippen molar-refractivity contribution in [2.45, 2.75) is 59.3 Å². The molecule has 0 aromatic heterocycles. The Morgan fingerprint density at radius 1 is 1.42 bits per heavy atom. The van der Waals surface area contributed by atoms with Crippen molar-refractivity contribution in [3.8, 4) is 0 Å². The van der Waals surface area contributed by atoms with Crippen LogP contribution in [0.25, 0.3) is 0 Å². The van der Waals surface area contributed by atoms with Gasteiger partial charge in [0.25, 0.3) is 5.91 Å². The summed E-state index contributed by atoms with van der Waals surface area (Å²) in [4.78, 5) is 21.3. The number of hydrazine groups is 1. The van der Waals surface area contributed by atoms with Gasteiger partial charge in [-0.3, -0.25) is 14.8 Å². The molecule has 182 valence electrons. The molecule has 2 atom stereocenters. The van der Waals surface area contributed by atoms with Crippen LogP contribution in [0.1, 0.15) is 41.5 Å². The van der Waals surface area contributed by atoms with Gasteiger partial charge in [-0.1, -0.05) is 26.5 Å². The summed E-state index contributed by atoms with van der Waals surface area (Å²) in [7, 11) is 1.97. The third-order valence-corrected chi connectivity index (χ3v) is 5.87. The number of ether oxygens (including phenoxy) is 1. The van der Waals surface area contributed by atoms with E-state index in [4.69, 9.17) is 4.74 Å². The van der Waals surface area contributed by atoms with Crippen LogP contribution >= 0.6 is 0 Å². The third-order valence-electron chi connectivity index (χ3n) is 5.87. The van der Waals surface area contributed by atoms with Gasteiger partial charge in [0.2, 0.25) is 0 Å². The molecular weight excluding hydrogens is 421 g/mol. The molecule has 0 spiro atoms. The first kappa shape index (κ1) is 26.5. The Morgan fingerprint density at radius 3 is 2.73 bits per heavy atom. The monoisotopic (exact) mass is 459 g/mol. The largest absolute Gasteiger partial charge is 0.488 e. The van der Waals surface area contributed by atoms with Gasteiger partial charge < -0.3 is 15.1 Å². The molecule has 2 heterocycles. The van der Waals surface area contributed by atoms with Crippen molar-refractivity contribution >= 4 is 17.8 Å². The topological polar surface area (TPSA) is 69.5 Å². The van der Waals surface area contributed by atoms with Gasteiger partial charge in [-0.15, -0.1) is 0 Å². The molecule has 2 rings (SSSR count). The summed E-state index contributed by atoms with van der Waals surface area (Å²) >= 11 is 0. The normalized spacial score (nSPS) is 21.0. The first-order valence-corrected chi connectivity index (χ1v) is 11.4. The molecule has 0 aromatic carbocycles. The van der Waals surface area contributed by atoms with Gasteiger partial charge in [0.05, 0.1) is 25.3 Å². The van der Waals surface area contributed by atoms with Crippen LogP contribution in [-0.2, 0) is 9.53 Å².